The van der Waals surface area contributed by atoms with Gasteiger partial charge in [-0.15, -0.1) is 0 Å². The lowest BCUT2D eigenvalue weighted by Gasteiger charge is -2.13. The summed E-state index contributed by atoms with van der Waals surface area (Å²) in [5.74, 6) is 0. The van der Waals surface area contributed by atoms with Gasteiger partial charge in [0.1, 0.15) is 4.90 Å². The van der Waals surface area contributed by atoms with Crippen LogP contribution in [0.4, 0.5) is 5.69 Å². The molecule has 0 bridgehead atoms. The molecular weight excluding hydrogens is 450 g/mol. The van der Waals surface area contributed by atoms with Gasteiger partial charge in [0, 0.05) is 5.39 Å². The van der Waals surface area contributed by atoms with Gasteiger partial charge in [-0.05, 0) is 47.9 Å². The van der Waals surface area contributed by atoms with Crippen LogP contribution in [-0.4, -0.2) is 35.5 Å². The van der Waals surface area contributed by atoms with Crippen molar-refractivity contribution in [1.29, 1.82) is 0 Å². The Hall–Kier alpha value is -3.52. The predicted molar refractivity (Wildman–Crippen MR) is 110 cm³/mol. The zero-order valence-electron chi connectivity index (χ0n) is 15.2. The first-order chi connectivity index (χ1) is 14.4. The molecule has 0 aliphatic rings. The number of benzene rings is 3. The Morgan fingerprint density at radius 2 is 1.58 bits per heavy atom. The van der Waals surface area contributed by atoms with E-state index in [0.717, 1.165) is 10.6 Å². The van der Waals surface area contributed by atoms with Crippen molar-refractivity contribution in [2.75, 3.05) is 0 Å². The Bertz CT molecular complexity index is 1740. The summed E-state index contributed by atoms with van der Waals surface area (Å²) in [6, 6.07) is 9.48. The molecule has 0 spiro atoms. The lowest BCUT2D eigenvalue weighted by atomic mass is 10.1. The number of hydrogen-bond donors (Lipinski definition) is 3. The van der Waals surface area contributed by atoms with Crippen molar-refractivity contribution >= 4 is 47.7 Å². The topological polar surface area (TPSA) is 187 Å². The lowest BCUT2D eigenvalue weighted by molar-refractivity contribution is 0.482. The quantitative estimate of drug-likeness (QED) is 0.299. The van der Waals surface area contributed by atoms with Gasteiger partial charge in [0.05, 0.1) is 27.3 Å². The van der Waals surface area contributed by atoms with Crippen LogP contribution in [0, 0.1) is 0 Å². The first-order valence-electron chi connectivity index (χ1n) is 8.40. The molecule has 1 radical (unpaired) electrons. The Morgan fingerprint density at radius 3 is 2.23 bits per heavy atom. The highest BCUT2D eigenvalue weighted by Gasteiger charge is 2.21. The zero-order valence-corrected chi connectivity index (χ0v) is 16.9. The number of rotatable bonds is 3. The zero-order chi connectivity index (χ0) is 22.7. The molecule has 4 aromatic rings. The second-order valence-corrected chi connectivity index (χ2v) is 9.42. The summed E-state index contributed by atoms with van der Waals surface area (Å²) < 4.78 is 66.6. The third kappa shape index (κ3) is 3.59. The molecule has 0 unspecified atom stereocenters. The van der Waals surface area contributed by atoms with Crippen LogP contribution in [0.5, 0.6) is 0 Å². The first-order valence-corrected chi connectivity index (χ1v) is 11.3. The number of aromatic nitrogens is 2. The van der Waals surface area contributed by atoms with E-state index >= 15 is 0 Å². The van der Waals surface area contributed by atoms with Crippen molar-refractivity contribution in [2.45, 2.75) is 9.79 Å². The van der Waals surface area contributed by atoms with Gasteiger partial charge in [0.25, 0.3) is 20.2 Å². The molecule has 3 aromatic carbocycles. The first kappa shape index (κ1) is 20.7. The van der Waals surface area contributed by atoms with Crippen LogP contribution in [0.25, 0.3) is 27.5 Å². The molecule has 0 atom stereocenters. The summed E-state index contributed by atoms with van der Waals surface area (Å²) in [6.07, 6.45) is 0. The molecule has 31 heavy (non-hydrogen) atoms. The number of H-pyrrole nitrogens is 1. The van der Waals surface area contributed by atoms with Gasteiger partial charge in [-0.2, -0.15) is 16.8 Å². The van der Waals surface area contributed by atoms with Gasteiger partial charge >= 0.3 is 11.1 Å². The third-order valence-corrected chi connectivity index (χ3v) is 6.32. The third-order valence-electron chi connectivity index (χ3n) is 4.59. The average Bonchev–Trinajstić information content (AvgIpc) is 2.66. The SMILES string of the molecule is [NH]c1ccc2[nH]c(=O)c(=O)n(-c3ccc4cc(S(=O)(=O)O)cc(S(=O)(=O)O)c4c3)c2c1. The van der Waals surface area contributed by atoms with Crippen molar-refractivity contribution in [3.63, 3.8) is 0 Å². The Morgan fingerprint density at radius 1 is 0.871 bits per heavy atom. The Balaban J connectivity index is 2.16. The molecule has 0 fully saturated rings. The normalized spacial score (nSPS) is 12.5. The molecule has 159 valence electrons. The van der Waals surface area contributed by atoms with Crippen molar-refractivity contribution < 1.29 is 25.9 Å². The molecule has 0 saturated carbocycles. The number of nitrogens with one attached hydrogen (secondary N) is 2. The van der Waals surface area contributed by atoms with Crippen LogP contribution in [-0.2, 0) is 20.2 Å². The predicted octanol–water partition coefficient (Wildman–Crippen LogP) is 1.24. The summed E-state index contributed by atoms with van der Waals surface area (Å²) >= 11 is 0. The van der Waals surface area contributed by atoms with E-state index in [0.29, 0.717) is 6.07 Å². The fraction of sp³-hybridized carbons (Fsp3) is 0. The van der Waals surface area contributed by atoms with Crippen LogP contribution in [0.3, 0.4) is 0 Å². The molecular formula is C18H12N3O8S2. The fourth-order valence-electron chi connectivity index (χ4n) is 3.25. The maximum absolute atomic E-state index is 12.6. The Labute approximate surface area is 173 Å². The van der Waals surface area contributed by atoms with E-state index in [1.165, 1.54) is 36.4 Å². The van der Waals surface area contributed by atoms with Crippen LogP contribution in [0.15, 0.2) is 67.9 Å². The average molecular weight is 462 g/mol. The summed E-state index contributed by atoms with van der Waals surface area (Å²) in [4.78, 5) is 25.5. The van der Waals surface area contributed by atoms with E-state index in [1.807, 2.05) is 0 Å². The van der Waals surface area contributed by atoms with Crippen LogP contribution >= 0.6 is 0 Å². The van der Waals surface area contributed by atoms with Crippen molar-refractivity contribution in [2.24, 2.45) is 0 Å². The highest BCUT2D eigenvalue weighted by molar-refractivity contribution is 7.86. The maximum Gasteiger partial charge on any atom is 0.321 e. The van der Waals surface area contributed by atoms with Gasteiger partial charge in [-0.25, -0.2) is 0 Å². The minimum absolute atomic E-state index is 0.0230. The van der Waals surface area contributed by atoms with Gasteiger partial charge in [0.15, 0.2) is 0 Å². The fourth-order valence-corrected chi connectivity index (χ4v) is 4.60. The highest BCUT2D eigenvalue weighted by atomic mass is 32.2. The Kier molecular flexibility index (Phi) is 4.51. The van der Waals surface area contributed by atoms with Crippen molar-refractivity contribution in [3.05, 3.63) is 69.2 Å². The maximum atomic E-state index is 12.6. The largest absolute Gasteiger partial charge is 0.321 e. The molecule has 0 aliphatic heterocycles. The van der Waals surface area contributed by atoms with Gasteiger partial charge in [-0.1, -0.05) is 6.07 Å². The summed E-state index contributed by atoms with van der Waals surface area (Å²) in [6.45, 7) is 0. The molecule has 1 aromatic heterocycles. The van der Waals surface area contributed by atoms with Crippen LogP contribution in [0.1, 0.15) is 0 Å². The minimum Gasteiger partial charge on any atom is -0.316 e. The summed E-state index contributed by atoms with van der Waals surface area (Å²) in [5, 5.41) is -0.135. The highest BCUT2D eigenvalue weighted by Crippen LogP contribution is 2.29. The number of fused-ring (bicyclic) bond motifs is 2. The van der Waals surface area contributed by atoms with E-state index < -0.39 is 41.1 Å². The lowest BCUT2D eigenvalue weighted by Crippen LogP contribution is -2.35. The minimum atomic E-state index is -4.94. The van der Waals surface area contributed by atoms with E-state index in [4.69, 9.17) is 5.73 Å². The molecule has 4 N–H and O–H groups in total. The van der Waals surface area contributed by atoms with Gasteiger partial charge in [-0.3, -0.25) is 23.3 Å². The standard InChI is InChI=1S/C18H12N3O8S2/c19-10-2-4-14-15(6-10)21(18(23)17(22)20-14)11-3-1-9-5-12(30(24,25)26)8-16(13(9)7-11)31(27,28)29/h1-8,19H,(H,20,22)(H,24,25,26)(H,27,28,29). The summed E-state index contributed by atoms with van der Waals surface area (Å²) in [5.41, 5.74) is 6.32. The second-order valence-electron chi connectivity index (χ2n) is 6.60. The molecule has 0 amide bonds. The number of hydrogen-bond acceptors (Lipinski definition) is 6. The monoisotopic (exact) mass is 462 g/mol. The van der Waals surface area contributed by atoms with Gasteiger partial charge in [0.2, 0.25) is 0 Å². The molecule has 0 saturated heterocycles. The molecule has 1 heterocycles. The van der Waals surface area contributed by atoms with E-state index in [9.17, 15) is 35.5 Å². The summed E-state index contributed by atoms with van der Waals surface area (Å²) in [7, 11) is -9.72. The smallest absolute Gasteiger partial charge is 0.316 e. The van der Waals surface area contributed by atoms with Crippen LogP contribution < -0.4 is 16.9 Å². The number of aromatic amines is 1. The van der Waals surface area contributed by atoms with E-state index in [1.54, 1.807) is 0 Å². The van der Waals surface area contributed by atoms with Crippen molar-refractivity contribution in [1.82, 2.24) is 15.3 Å². The molecule has 4 rings (SSSR count). The molecule has 11 nitrogen and oxygen atoms in total. The molecule has 0 aliphatic carbocycles. The number of nitrogens with zero attached hydrogens (tertiary/aromatic N) is 1. The van der Waals surface area contributed by atoms with Gasteiger partial charge < -0.3 is 10.7 Å². The van der Waals surface area contributed by atoms with E-state index in [-0.39, 0.29) is 33.2 Å². The van der Waals surface area contributed by atoms with Crippen molar-refractivity contribution in [3.8, 4) is 5.69 Å². The second kappa shape index (κ2) is 6.75. The molecule has 13 heteroatoms. The van der Waals surface area contributed by atoms with Crippen LogP contribution in [0.2, 0.25) is 0 Å². The van der Waals surface area contributed by atoms with E-state index in [2.05, 4.69) is 4.98 Å².